The van der Waals surface area contributed by atoms with Crippen molar-refractivity contribution in [2.75, 3.05) is 10.5 Å². The summed E-state index contributed by atoms with van der Waals surface area (Å²) in [5.74, 6) is 0. The molecule has 0 aliphatic heterocycles. The SMILES string of the molecule is Nc1cc(Br)cc(Br)c1S(=O)(=O)Nc1cnoc1. The molecule has 96 valence electrons. The van der Waals surface area contributed by atoms with Crippen LogP contribution in [0.3, 0.4) is 0 Å². The van der Waals surface area contributed by atoms with Crippen LogP contribution in [0.5, 0.6) is 0 Å². The summed E-state index contributed by atoms with van der Waals surface area (Å²) < 4.78 is 32.2. The standard InChI is InChI=1S/C9H7Br2N3O3S/c10-5-1-7(11)9(8(12)2-5)18(15,16)14-6-3-13-17-4-6/h1-4,14H,12H2. The summed E-state index contributed by atoms with van der Waals surface area (Å²) in [5.41, 5.74) is 6.07. The summed E-state index contributed by atoms with van der Waals surface area (Å²) in [6.45, 7) is 0. The van der Waals surface area contributed by atoms with Crippen LogP contribution in [0.15, 0.2) is 43.0 Å². The number of nitrogens with one attached hydrogen (secondary N) is 1. The topological polar surface area (TPSA) is 98.2 Å². The fourth-order valence-electron chi connectivity index (χ4n) is 1.33. The summed E-state index contributed by atoms with van der Waals surface area (Å²) >= 11 is 6.39. The minimum atomic E-state index is -3.80. The lowest BCUT2D eigenvalue weighted by atomic mass is 10.3. The third-order valence-electron chi connectivity index (χ3n) is 1.99. The third kappa shape index (κ3) is 2.68. The molecule has 0 bridgehead atoms. The number of hydrogen-bond acceptors (Lipinski definition) is 5. The highest BCUT2D eigenvalue weighted by atomic mass is 79.9. The first-order valence-electron chi connectivity index (χ1n) is 4.57. The van der Waals surface area contributed by atoms with E-state index in [0.29, 0.717) is 8.95 Å². The molecule has 0 aliphatic carbocycles. The summed E-state index contributed by atoms with van der Waals surface area (Å²) in [6, 6.07) is 3.10. The molecule has 0 spiro atoms. The molecule has 6 nitrogen and oxygen atoms in total. The number of nitrogen functional groups attached to an aromatic ring is 1. The van der Waals surface area contributed by atoms with E-state index in [0.717, 1.165) is 0 Å². The van der Waals surface area contributed by atoms with E-state index in [-0.39, 0.29) is 16.3 Å². The molecule has 3 N–H and O–H groups in total. The minimum absolute atomic E-state index is 0.0353. The molecule has 0 fully saturated rings. The van der Waals surface area contributed by atoms with E-state index in [1.165, 1.54) is 18.5 Å². The predicted molar refractivity (Wildman–Crippen MR) is 73.6 cm³/mol. The van der Waals surface area contributed by atoms with Crippen LogP contribution in [0, 0.1) is 0 Å². The van der Waals surface area contributed by atoms with E-state index in [4.69, 9.17) is 5.73 Å². The van der Waals surface area contributed by atoms with Gasteiger partial charge in [0.15, 0.2) is 0 Å². The van der Waals surface area contributed by atoms with Gasteiger partial charge in [-0.05, 0) is 28.1 Å². The zero-order chi connectivity index (χ0) is 13.3. The highest BCUT2D eigenvalue weighted by Crippen LogP contribution is 2.32. The van der Waals surface area contributed by atoms with Crippen molar-refractivity contribution in [2.24, 2.45) is 0 Å². The van der Waals surface area contributed by atoms with Gasteiger partial charge in [-0.2, -0.15) is 0 Å². The smallest absolute Gasteiger partial charge is 0.265 e. The molecule has 0 atom stereocenters. The highest BCUT2D eigenvalue weighted by Gasteiger charge is 2.22. The zero-order valence-electron chi connectivity index (χ0n) is 8.72. The van der Waals surface area contributed by atoms with Crippen LogP contribution in [0.4, 0.5) is 11.4 Å². The molecule has 1 heterocycles. The van der Waals surface area contributed by atoms with Crippen LogP contribution in [0.25, 0.3) is 0 Å². The van der Waals surface area contributed by atoms with Gasteiger partial charge in [0.2, 0.25) is 0 Å². The van der Waals surface area contributed by atoms with Crippen LogP contribution in [0.2, 0.25) is 0 Å². The van der Waals surface area contributed by atoms with Gasteiger partial charge in [0.1, 0.15) is 16.8 Å². The Morgan fingerprint density at radius 1 is 1.33 bits per heavy atom. The van der Waals surface area contributed by atoms with Crippen molar-refractivity contribution in [3.8, 4) is 0 Å². The molecule has 1 aromatic heterocycles. The lowest BCUT2D eigenvalue weighted by Gasteiger charge is -2.10. The van der Waals surface area contributed by atoms with Gasteiger partial charge < -0.3 is 10.3 Å². The second-order valence-corrected chi connectivity index (χ2v) is 6.71. The Morgan fingerprint density at radius 3 is 2.61 bits per heavy atom. The van der Waals surface area contributed by atoms with Crippen molar-refractivity contribution in [2.45, 2.75) is 4.90 Å². The van der Waals surface area contributed by atoms with Crippen LogP contribution in [0.1, 0.15) is 0 Å². The molecule has 0 amide bonds. The summed E-state index contributed by atoms with van der Waals surface area (Å²) in [6.07, 6.45) is 2.43. The molecule has 0 saturated carbocycles. The average molecular weight is 397 g/mol. The molecule has 0 aliphatic rings. The molecule has 0 unspecified atom stereocenters. The monoisotopic (exact) mass is 395 g/mol. The third-order valence-corrected chi connectivity index (χ3v) is 4.83. The summed E-state index contributed by atoms with van der Waals surface area (Å²) in [7, 11) is -3.80. The van der Waals surface area contributed by atoms with E-state index in [1.54, 1.807) is 6.07 Å². The number of benzene rings is 1. The van der Waals surface area contributed by atoms with Crippen molar-refractivity contribution in [3.05, 3.63) is 33.5 Å². The lowest BCUT2D eigenvalue weighted by molar-refractivity contribution is 0.420. The Balaban J connectivity index is 2.48. The molecule has 9 heteroatoms. The van der Waals surface area contributed by atoms with Gasteiger partial charge in [0.05, 0.1) is 11.9 Å². The molecular formula is C9H7Br2N3O3S. The zero-order valence-corrected chi connectivity index (χ0v) is 12.7. The minimum Gasteiger partial charge on any atom is -0.398 e. The molecule has 0 saturated heterocycles. The van der Waals surface area contributed by atoms with Crippen molar-refractivity contribution in [1.82, 2.24) is 5.16 Å². The second kappa shape index (κ2) is 4.90. The first-order valence-corrected chi connectivity index (χ1v) is 7.64. The predicted octanol–water partition coefficient (Wildman–Crippen LogP) is 2.58. The van der Waals surface area contributed by atoms with Gasteiger partial charge in [0.25, 0.3) is 10.0 Å². The van der Waals surface area contributed by atoms with Gasteiger partial charge >= 0.3 is 0 Å². The number of nitrogens with zero attached hydrogens (tertiary/aromatic N) is 1. The van der Waals surface area contributed by atoms with Crippen molar-refractivity contribution in [1.29, 1.82) is 0 Å². The number of aromatic nitrogens is 1. The molecule has 2 aromatic rings. The maximum atomic E-state index is 12.1. The van der Waals surface area contributed by atoms with E-state index in [2.05, 4.69) is 46.3 Å². The van der Waals surface area contributed by atoms with E-state index >= 15 is 0 Å². The van der Waals surface area contributed by atoms with Crippen molar-refractivity contribution < 1.29 is 12.9 Å². The normalized spacial score (nSPS) is 11.4. The quantitative estimate of drug-likeness (QED) is 0.777. The Labute approximate surface area is 120 Å². The maximum Gasteiger partial charge on any atom is 0.265 e. The van der Waals surface area contributed by atoms with Gasteiger partial charge in [-0.1, -0.05) is 21.1 Å². The van der Waals surface area contributed by atoms with Crippen molar-refractivity contribution >= 4 is 53.3 Å². The number of rotatable bonds is 3. The van der Waals surface area contributed by atoms with Crippen LogP contribution in [-0.2, 0) is 10.0 Å². The summed E-state index contributed by atoms with van der Waals surface area (Å²) in [4.78, 5) is -0.0353. The lowest BCUT2D eigenvalue weighted by Crippen LogP contribution is -2.15. The number of sulfonamides is 1. The Morgan fingerprint density at radius 2 is 2.06 bits per heavy atom. The molecule has 18 heavy (non-hydrogen) atoms. The molecule has 0 radical (unpaired) electrons. The number of anilines is 2. The van der Waals surface area contributed by atoms with Gasteiger partial charge in [-0.25, -0.2) is 8.42 Å². The Kier molecular flexibility index (Phi) is 3.64. The van der Waals surface area contributed by atoms with Gasteiger partial charge in [-0.3, -0.25) is 4.72 Å². The molecule has 1 aromatic carbocycles. The van der Waals surface area contributed by atoms with Crippen LogP contribution < -0.4 is 10.5 Å². The Hall–Kier alpha value is -1.06. The number of nitrogens with two attached hydrogens (primary N) is 1. The number of hydrogen-bond donors (Lipinski definition) is 2. The van der Waals surface area contributed by atoms with Crippen LogP contribution >= 0.6 is 31.9 Å². The average Bonchev–Trinajstić information content (AvgIpc) is 2.66. The number of halogens is 2. The maximum absolute atomic E-state index is 12.1. The fraction of sp³-hybridized carbons (Fsp3) is 0. The molecular weight excluding hydrogens is 390 g/mol. The largest absolute Gasteiger partial charge is 0.398 e. The van der Waals surface area contributed by atoms with Gasteiger partial charge in [0, 0.05) is 8.95 Å². The van der Waals surface area contributed by atoms with Crippen LogP contribution in [-0.4, -0.2) is 13.6 Å². The van der Waals surface area contributed by atoms with E-state index in [9.17, 15) is 8.42 Å². The van der Waals surface area contributed by atoms with E-state index in [1.807, 2.05) is 0 Å². The van der Waals surface area contributed by atoms with Gasteiger partial charge in [-0.15, -0.1) is 0 Å². The highest BCUT2D eigenvalue weighted by molar-refractivity contribution is 9.11. The fourth-order valence-corrected chi connectivity index (χ4v) is 4.42. The first-order chi connectivity index (χ1) is 8.40. The molecule has 2 rings (SSSR count). The Bertz CT molecular complexity index is 647. The second-order valence-electron chi connectivity index (χ2n) is 3.32. The summed E-state index contributed by atoms with van der Waals surface area (Å²) in [5, 5.41) is 3.41. The first kappa shape index (κ1) is 13.4. The van der Waals surface area contributed by atoms with Crippen molar-refractivity contribution in [3.63, 3.8) is 0 Å². The van der Waals surface area contributed by atoms with E-state index < -0.39 is 10.0 Å².